The highest BCUT2D eigenvalue weighted by molar-refractivity contribution is 5.86. The first-order chi connectivity index (χ1) is 10.8. The van der Waals surface area contributed by atoms with E-state index in [1.165, 1.54) is 18.9 Å². The van der Waals surface area contributed by atoms with Crippen molar-refractivity contribution in [1.82, 2.24) is 0 Å². The monoisotopic (exact) mass is 326 g/mol. The first-order valence-corrected chi connectivity index (χ1v) is 8.44. The van der Waals surface area contributed by atoms with E-state index in [9.17, 15) is 9.59 Å². The van der Waals surface area contributed by atoms with E-state index in [0.29, 0.717) is 18.1 Å². The highest BCUT2D eigenvalue weighted by atomic mass is 16.5. The number of carbonyl (C=O) groups excluding carboxylic acids is 2. The lowest BCUT2D eigenvalue weighted by atomic mass is 10.1. The van der Waals surface area contributed by atoms with E-state index >= 15 is 0 Å². The first-order valence-electron chi connectivity index (χ1n) is 8.44. The Morgan fingerprint density at radius 2 is 1.78 bits per heavy atom. The largest absolute Gasteiger partial charge is 0.462 e. The summed E-state index contributed by atoms with van der Waals surface area (Å²) in [5.41, 5.74) is 0.459. The van der Waals surface area contributed by atoms with Gasteiger partial charge >= 0.3 is 11.9 Å². The summed E-state index contributed by atoms with van der Waals surface area (Å²) in [6.45, 7) is 17.1. The fourth-order valence-electron chi connectivity index (χ4n) is 1.55. The lowest BCUT2D eigenvalue weighted by molar-refractivity contribution is -0.143. The van der Waals surface area contributed by atoms with Gasteiger partial charge in [-0.25, -0.2) is 9.59 Å². The minimum atomic E-state index is -0.302. The SMILES string of the molecule is C=C(C)C(=O)OCC(C)C.C=CC(=O)OC(CC)CCCCC. The second-order valence-electron chi connectivity index (χ2n) is 5.94. The van der Waals surface area contributed by atoms with E-state index in [1.54, 1.807) is 6.92 Å². The Morgan fingerprint density at radius 3 is 2.17 bits per heavy atom. The predicted molar refractivity (Wildman–Crippen MR) is 95.1 cm³/mol. The van der Waals surface area contributed by atoms with Gasteiger partial charge in [-0.1, -0.05) is 53.7 Å². The van der Waals surface area contributed by atoms with Crippen molar-refractivity contribution < 1.29 is 19.1 Å². The van der Waals surface area contributed by atoms with Gasteiger partial charge in [0.25, 0.3) is 0 Å². The van der Waals surface area contributed by atoms with E-state index < -0.39 is 0 Å². The van der Waals surface area contributed by atoms with Gasteiger partial charge in [-0.3, -0.25) is 0 Å². The van der Waals surface area contributed by atoms with Gasteiger partial charge in [-0.2, -0.15) is 0 Å². The third-order valence-corrected chi connectivity index (χ3v) is 2.93. The minimum absolute atomic E-state index is 0.0806. The second-order valence-corrected chi connectivity index (χ2v) is 5.94. The molecule has 0 aliphatic heterocycles. The van der Waals surface area contributed by atoms with Gasteiger partial charge in [0, 0.05) is 11.6 Å². The lowest BCUT2D eigenvalue weighted by Crippen LogP contribution is -2.15. The molecule has 23 heavy (non-hydrogen) atoms. The van der Waals surface area contributed by atoms with Crippen molar-refractivity contribution in [2.45, 2.75) is 72.8 Å². The fourth-order valence-corrected chi connectivity index (χ4v) is 1.55. The highest BCUT2D eigenvalue weighted by Crippen LogP contribution is 2.10. The molecule has 0 heterocycles. The summed E-state index contributed by atoms with van der Waals surface area (Å²) >= 11 is 0. The summed E-state index contributed by atoms with van der Waals surface area (Å²) < 4.78 is 9.96. The van der Waals surface area contributed by atoms with Crippen molar-refractivity contribution in [1.29, 1.82) is 0 Å². The molecule has 0 saturated carbocycles. The lowest BCUT2D eigenvalue weighted by Gasteiger charge is -2.14. The molecule has 0 rings (SSSR count). The fraction of sp³-hybridized carbons (Fsp3) is 0.684. The normalized spacial score (nSPS) is 11.0. The first kappa shape index (κ1) is 23.7. The van der Waals surface area contributed by atoms with Crippen LogP contribution in [0.3, 0.4) is 0 Å². The summed E-state index contributed by atoms with van der Waals surface area (Å²) in [5, 5.41) is 0. The Morgan fingerprint density at radius 1 is 1.17 bits per heavy atom. The van der Waals surface area contributed by atoms with Crippen molar-refractivity contribution in [3.63, 3.8) is 0 Å². The molecule has 0 aromatic rings. The van der Waals surface area contributed by atoms with E-state index in [4.69, 9.17) is 9.47 Å². The zero-order chi connectivity index (χ0) is 18.3. The van der Waals surface area contributed by atoms with Crippen molar-refractivity contribution >= 4 is 11.9 Å². The maximum Gasteiger partial charge on any atom is 0.333 e. The van der Waals surface area contributed by atoms with Crippen molar-refractivity contribution in [2.75, 3.05) is 6.61 Å². The molecule has 0 saturated heterocycles. The molecule has 1 atom stereocenters. The maximum atomic E-state index is 10.9. The quantitative estimate of drug-likeness (QED) is 0.327. The summed E-state index contributed by atoms with van der Waals surface area (Å²) in [5.74, 6) is -0.208. The number of esters is 2. The van der Waals surface area contributed by atoms with Gasteiger partial charge in [0.15, 0.2) is 0 Å². The third kappa shape index (κ3) is 16.6. The summed E-state index contributed by atoms with van der Waals surface area (Å²) in [6.07, 6.45) is 6.72. The van der Waals surface area contributed by atoms with Crippen LogP contribution in [0.2, 0.25) is 0 Å². The third-order valence-electron chi connectivity index (χ3n) is 2.93. The van der Waals surface area contributed by atoms with Gasteiger partial charge in [0.2, 0.25) is 0 Å². The summed E-state index contributed by atoms with van der Waals surface area (Å²) in [7, 11) is 0. The molecular formula is C19H34O4. The zero-order valence-corrected chi connectivity index (χ0v) is 15.5. The zero-order valence-electron chi connectivity index (χ0n) is 15.5. The van der Waals surface area contributed by atoms with Crippen LogP contribution in [0.4, 0.5) is 0 Å². The molecule has 0 amide bonds. The van der Waals surface area contributed by atoms with Crippen LogP contribution in [0, 0.1) is 5.92 Å². The van der Waals surface area contributed by atoms with Crippen LogP contribution >= 0.6 is 0 Å². The molecule has 0 aromatic heterocycles. The molecule has 0 radical (unpaired) electrons. The van der Waals surface area contributed by atoms with Gasteiger partial charge < -0.3 is 9.47 Å². The summed E-state index contributed by atoms with van der Waals surface area (Å²) in [4.78, 5) is 21.6. The van der Waals surface area contributed by atoms with Gasteiger partial charge in [0.1, 0.15) is 6.10 Å². The Bertz CT molecular complexity index is 358. The Labute approximate surface area is 141 Å². The highest BCUT2D eigenvalue weighted by Gasteiger charge is 2.09. The van der Waals surface area contributed by atoms with Crippen LogP contribution < -0.4 is 0 Å². The Hall–Kier alpha value is -1.58. The molecule has 0 aliphatic carbocycles. The van der Waals surface area contributed by atoms with Crippen molar-refractivity contribution in [3.8, 4) is 0 Å². The molecular weight excluding hydrogens is 292 g/mol. The topological polar surface area (TPSA) is 52.6 Å². The smallest absolute Gasteiger partial charge is 0.333 e. The van der Waals surface area contributed by atoms with Gasteiger partial charge in [-0.05, 0) is 32.1 Å². The Kier molecular flexibility index (Phi) is 15.8. The van der Waals surface area contributed by atoms with Crippen LogP contribution in [0.5, 0.6) is 0 Å². The van der Waals surface area contributed by atoms with E-state index in [1.807, 2.05) is 20.8 Å². The molecule has 0 fully saturated rings. The van der Waals surface area contributed by atoms with Crippen LogP contribution in [-0.2, 0) is 19.1 Å². The average molecular weight is 326 g/mol. The standard InChI is InChI=1S/C11H20O2.C8H14O2/c1-4-7-8-9-10(5-2)13-11(12)6-3;1-6(2)5-10-8(9)7(3)4/h6,10H,3-5,7-9H2,1-2H3;6H,3,5H2,1-2,4H3. The van der Waals surface area contributed by atoms with E-state index in [0.717, 1.165) is 19.3 Å². The van der Waals surface area contributed by atoms with Crippen LogP contribution in [0.25, 0.3) is 0 Å². The molecule has 0 N–H and O–H groups in total. The number of unbranched alkanes of at least 4 members (excludes halogenated alkanes) is 2. The second kappa shape index (κ2) is 15.3. The van der Waals surface area contributed by atoms with Crippen molar-refractivity contribution in [2.24, 2.45) is 5.92 Å². The predicted octanol–water partition coefficient (Wildman–Crippen LogP) is 4.84. The molecule has 0 spiro atoms. The van der Waals surface area contributed by atoms with Crippen LogP contribution in [0.1, 0.15) is 66.7 Å². The minimum Gasteiger partial charge on any atom is -0.462 e. The number of ether oxygens (including phenoxy) is 2. The average Bonchev–Trinajstić information content (AvgIpc) is 2.51. The van der Waals surface area contributed by atoms with Gasteiger partial charge in [-0.15, -0.1) is 0 Å². The molecule has 134 valence electrons. The number of carbonyl (C=O) groups is 2. The maximum absolute atomic E-state index is 10.9. The van der Waals surface area contributed by atoms with E-state index in [2.05, 4.69) is 20.1 Å². The van der Waals surface area contributed by atoms with Gasteiger partial charge in [0.05, 0.1) is 6.61 Å². The molecule has 0 aliphatic rings. The molecule has 0 aromatic carbocycles. The Balaban J connectivity index is 0. The molecule has 1 unspecified atom stereocenters. The van der Waals surface area contributed by atoms with Crippen LogP contribution in [0.15, 0.2) is 24.8 Å². The number of rotatable bonds is 10. The summed E-state index contributed by atoms with van der Waals surface area (Å²) in [6, 6.07) is 0. The molecule has 0 bridgehead atoms. The molecule has 4 heteroatoms. The van der Waals surface area contributed by atoms with E-state index in [-0.39, 0.29) is 18.0 Å². The number of hydrogen-bond acceptors (Lipinski definition) is 4. The number of hydrogen-bond donors (Lipinski definition) is 0. The van der Waals surface area contributed by atoms with Crippen molar-refractivity contribution in [3.05, 3.63) is 24.8 Å². The molecule has 4 nitrogen and oxygen atoms in total. The van der Waals surface area contributed by atoms with Crippen LogP contribution in [-0.4, -0.2) is 24.6 Å².